The number of amides is 1. The third kappa shape index (κ3) is 6.26. The number of carbonyl (C=O) groups is 1. The normalized spacial score (nSPS) is 12.0. The molecular weight excluding hydrogens is 296 g/mol. The maximum Gasteiger partial charge on any atom is 0.311 e. The Balaban J connectivity index is 2.72. The fraction of sp³-hybridized carbons (Fsp3) is 0.588. The topological polar surface area (TPSA) is 81.5 Å². The quantitative estimate of drug-likeness (QED) is 0.551. The smallest absolute Gasteiger partial charge is 0.311 e. The fourth-order valence-electron chi connectivity index (χ4n) is 2.29. The van der Waals surface area contributed by atoms with Crippen molar-refractivity contribution in [1.82, 2.24) is 5.32 Å². The molecule has 1 amide bonds. The van der Waals surface area contributed by atoms with E-state index in [1.54, 1.807) is 13.0 Å². The van der Waals surface area contributed by atoms with Crippen LogP contribution in [0.5, 0.6) is 5.75 Å². The van der Waals surface area contributed by atoms with Gasteiger partial charge in [-0.05, 0) is 38.3 Å². The standard InChI is InChI=1S/C17H26N2O4/c1-5-23-16-10-9-14(11-15(16)19(21)22)17(20)18-13(4)8-6-7-12(2)3/h9-13H,5-8H2,1-4H3,(H,18,20). The highest BCUT2D eigenvalue weighted by Crippen LogP contribution is 2.28. The molecule has 0 spiro atoms. The van der Waals surface area contributed by atoms with Crippen LogP contribution in [0.2, 0.25) is 0 Å². The van der Waals surface area contributed by atoms with E-state index in [0.29, 0.717) is 12.5 Å². The third-order valence-electron chi connectivity index (χ3n) is 3.51. The first kappa shape index (κ1) is 18.9. The van der Waals surface area contributed by atoms with E-state index in [-0.39, 0.29) is 28.9 Å². The zero-order valence-electron chi connectivity index (χ0n) is 14.3. The van der Waals surface area contributed by atoms with E-state index in [1.165, 1.54) is 12.1 Å². The van der Waals surface area contributed by atoms with Crippen molar-refractivity contribution < 1.29 is 14.5 Å². The van der Waals surface area contributed by atoms with Gasteiger partial charge in [0.15, 0.2) is 5.75 Å². The van der Waals surface area contributed by atoms with Crippen molar-refractivity contribution in [3.05, 3.63) is 33.9 Å². The molecular formula is C17H26N2O4. The highest BCUT2D eigenvalue weighted by Gasteiger charge is 2.19. The summed E-state index contributed by atoms with van der Waals surface area (Å²) in [6.45, 7) is 8.37. The molecule has 6 nitrogen and oxygen atoms in total. The lowest BCUT2D eigenvalue weighted by molar-refractivity contribution is -0.385. The first-order chi connectivity index (χ1) is 10.8. The Labute approximate surface area is 137 Å². The molecule has 0 aliphatic rings. The summed E-state index contributed by atoms with van der Waals surface area (Å²) in [5.74, 6) is 0.527. The number of nitrogens with zero attached hydrogens (tertiary/aromatic N) is 1. The van der Waals surface area contributed by atoms with Gasteiger partial charge >= 0.3 is 5.69 Å². The molecule has 1 unspecified atom stereocenters. The molecule has 0 aliphatic heterocycles. The number of hydrogen-bond acceptors (Lipinski definition) is 4. The second-order valence-electron chi connectivity index (χ2n) is 6.07. The Morgan fingerprint density at radius 3 is 2.57 bits per heavy atom. The van der Waals surface area contributed by atoms with Crippen LogP contribution in [-0.2, 0) is 0 Å². The second kappa shape index (κ2) is 9.12. The summed E-state index contributed by atoms with van der Waals surface area (Å²) in [5.41, 5.74) is 0.0859. The molecule has 128 valence electrons. The minimum absolute atomic E-state index is 0.0341. The largest absolute Gasteiger partial charge is 0.487 e. The van der Waals surface area contributed by atoms with Crippen LogP contribution < -0.4 is 10.1 Å². The number of nitro groups is 1. The maximum atomic E-state index is 12.2. The number of hydrogen-bond donors (Lipinski definition) is 1. The van der Waals surface area contributed by atoms with E-state index < -0.39 is 4.92 Å². The number of nitrogens with one attached hydrogen (secondary N) is 1. The lowest BCUT2D eigenvalue weighted by atomic mass is 10.0. The van der Waals surface area contributed by atoms with Crippen LogP contribution in [0.15, 0.2) is 18.2 Å². The molecule has 0 radical (unpaired) electrons. The Bertz CT molecular complexity index is 543. The first-order valence-corrected chi connectivity index (χ1v) is 8.07. The summed E-state index contributed by atoms with van der Waals surface area (Å²) < 4.78 is 5.22. The number of benzene rings is 1. The molecule has 0 fully saturated rings. The Morgan fingerprint density at radius 2 is 2.00 bits per heavy atom. The van der Waals surface area contributed by atoms with Crippen molar-refractivity contribution in [3.63, 3.8) is 0 Å². The minimum atomic E-state index is -0.534. The van der Waals surface area contributed by atoms with E-state index in [4.69, 9.17) is 4.74 Å². The highest BCUT2D eigenvalue weighted by atomic mass is 16.6. The van der Waals surface area contributed by atoms with Crippen LogP contribution in [0.25, 0.3) is 0 Å². The molecule has 1 rings (SSSR count). The summed E-state index contributed by atoms with van der Waals surface area (Å²) in [6, 6.07) is 4.32. The predicted octanol–water partition coefficient (Wildman–Crippen LogP) is 3.94. The van der Waals surface area contributed by atoms with Gasteiger partial charge in [-0.2, -0.15) is 0 Å². The van der Waals surface area contributed by atoms with Gasteiger partial charge in [-0.15, -0.1) is 0 Å². The first-order valence-electron chi connectivity index (χ1n) is 8.07. The molecule has 1 aromatic carbocycles. The molecule has 23 heavy (non-hydrogen) atoms. The number of nitro benzene ring substituents is 1. The molecule has 1 N–H and O–H groups in total. The zero-order valence-corrected chi connectivity index (χ0v) is 14.3. The number of rotatable bonds is 9. The van der Waals surface area contributed by atoms with Crippen molar-refractivity contribution in [2.24, 2.45) is 5.92 Å². The molecule has 1 atom stereocenters. The average molecular weight is 322 g/mol. The fourth-order valence-corrected chi connectivity index (χ4v) is 2.29. The average Bonchev–Trinajstić information content (AvgIpc) is 2.47. The molecule has 0 saturated carbocycles. The number of carbonyl (C=O) groups excluding carboxylic acids is 1. The third-order valence-corrected chi connectivity index (χ3v) is 3.51. The Morgan fingerprint density at radius 1 is 1.30 bits per heavy atom. The van der Waals surface area contributed by atoms with Gasteiger partial charge in [-0.3, -0.25) is 14.9 Å². The predicted molar refractivity (Wildman–Crippen MR) is 89.9 cm³/mol. The van der Waals surface area contributed by atoms with Gasteiger partial charge in [0.1, 0.15) is 0 Å². The van der Waals surface area contributed by atoms with Crippen molar-refractivity contribution in [1.29, 1.82) is 0 Å². The van der Waals surface area contributed by atoms with Gasteiger partial charge in [-0.1, -0.05) is 26.7 Å². The Hall–Kier alpha value is -2.11. The van der Waals surface area contributed by atoms with Gasteiger partial charge in [0.2, 0.25) is 0 Å². The lowest BCUT2D eigenvalue weighted by Gasteiger charge is -2.15. The number of ether oxygens (including phenoxy) is 1. The van der Waals surface area contributed by atoms with Crippen LogP contribution in [-0.4, -0.2) is 23.5 Å². The molecule has 0 heterocycles. The van der Waals surface area contributed by atoms with Gasteiger partial charge in [0.05, 0.1) is 11.5 Å². The van der Waals surface area contributed by atoms with Gasteiger partial charge < -0.3 is 10.1 Å². The molecule has 0 aliphatic carbocycles. The van der Waals surface area contributed by atoms with E-state index in [0.717, 1.165) is 19.3 Å². The van der Waals surface area contributed by atoms with E-state index in [9.17, 15) is 14.9 Å². The van der Waals surface area contributed by atoms with Crippen LogP contribution in [0.1, 0.15) is 57.3 Å². The van der Waals surface area contributed by atoms with Crippen LogP contribution in [0.4, 0.5) is 5.69 Å². The maximum absolute atomic E-state index is 12.2. The zero-order chi connectivity index (χ0) is 17.4. The molecule has 1 aromatic rings. The second-order valence-corrected chi connectivity index (χ2v) is 6.07. The molecule has 0 bridgehead atoms. The summed E-state index contributed by atoms with van der Waals surface area (Å²) in [5, 5.41) is 14.0. The van der Waals surface area contributed by atoms with E-state index in [2.05, 4.69) is 19.2 Å². The van der Waals surface area contributed by atoms with Crippen molar-refractivity contribution in [3.8, 4) is 5.75 Å². The van der Waals surface area contributed by atoms with Crippen molar-refractivity contribution in [2.75, 3.05) is 6.61 Å². The van der Waals surface area contributed by atoms with Crippen LogP contribution in [0, 0.1) is 16.0 Å². The van der Waals surface area contributed by atoms with Gasteiger partial charge in [0, 0.05) is 17.7 Å². The van der Waals surface area contributed by atoms with Gasteiger partial charge in [-0.25, -0.2) is 0 Å². The van der Waals surface area contributed by atoms with Crippen LogP contribution >= 0.6 is 0 Å². The highest BCUT2D eigenvalue weighted by molar-refractivity contribution is 5.95. The summed E-state index contributed by atoms with van der Waals surface area (Å²) in [6.07, 6.45) is 3.06. The SMILES string of the molecule is CCOc1ccc(C(=O)NC(C)CCCC(C)C)cc1[N+](=O)[O-]. The lowest BCUT2D eigenvalue weighted by Crippen LogP contribution is -2.32. The summed E-state index contributed by atoms with van der Waals surface area (Å²) >= 11 is 0. The molecule has 0 saturated heterocycles. The Kier molecular flexibility index (Phi) is 7.51. The summed E-state index contributed by atoms with van der Waals surface area (Å²) in [4.78, 5) is 22.8. The minimum Gasteiger partial charge on any atom is -0.487 e. The van der Waals surface area contributed by atoms with Crippen molar-refractivity contribution >= 4 is 11.6 Å². The molecule has 6 heteroatoms. The van der Waals surface area contributed by atoms with Crippen molar-refractivity contribution in [2.45, 2.75) is 53.0 Å². The molecule has 0 aromatic heterocycles. The van der Waals surface area contributed by atoms with E-state index in [1.807, 2.05) is 6.92 Å². The van der Waals surface area contributed by atoms with Crippen LogP contribution in [0.3, 0.4) is 0 Å². The summed E-state index contributed by atoms with van der Waals surface area (Å²) in [7, 11) is 0. The van der Waals surface area contributed by atoms with Gasteiger partial charge in [0.25, 0.3) is 5.91 Å². The monoisotopic (exact) mass is 322 g/mol. The van der Waals surface area contributed by atoms with E-state index >= 15 is 0 Å².